The van der Waals surface area contributed by atoms with Crippen molar-refractivity contribution in [3.63, 3.8) is 0 Å². The zero-order valence-corrected chi connectivity index (χ0v) is 21.9. The first-order chi connectivity index (χ1) is 16.8. The van der Waals surface area contributed by atoms with Crippen molar-refractivity contribution in [2.24, 2.45) is 11.3 Å². The fourth-order valence-electron chi connectivity index (χ4n) is 4.96. The van der Waals surface area contributed by atoms with Gasteiger partial charge < -0.3 is 10.0 Å². The number of aromatic nitrogens is 3. The van der Waals surface area contributed by atoms with Crippen LogP contribution in [0.1, 0.15) is 39.2 Å². The molecule has 0 bridgehead atoms. The maximum absolute atomic E-state index is 13.6. The summed E-state index contributed by atoms with van der Waals surface area (Å²) in [5.41, 5.74) is 0.979. The number of hydrogen-bond acceptors (Lipinski definition) is 6. The summed E-state index contributed by atoms with van der Waals surface area (Å²) in [5, 5.41) is 9.74. The van der Waals surface area contributed by atoms with E-state index in [4.69, 9.17) is 0 Å². The van der Waals surface area contributed by atoms with Gasteiger partial charge in [-0.05, 0) is 43.4 Å². The third-order valence-corrected chi connectivity index (χ3v) is 8.36. The number of benzene rings is 1. The maximum atomic E-state index is 13.6. The molecule has 2 amide bonds. The monoisotopic (exact) mass is 513 g/mol. The van der Waals surface area contributed by atoms with Crippen molar-refractivity contribution in [2.75, 3.05) is 18.5 Å². The van der Waals surface area contributed by atoms with Crippen LogP contribution in [0.2, 0.25) is 0 Å². The summed E-state index contributed by atoms with van der Waals surface area (Å²) in [6.07, 6.45) is 2.88. The van der Waals surface area contributed by atoms with E-state index in [2.05, 4.69) is 9.97 Å². The van der Waals surface area contributed by atoms with Gasteiger partial charge >= 0.3 is 6.09 Å². The lowest BCUT2D eigenvalue weighted by molar-refractivity contribution is -0.127. The van der Waals surface area contributed by atoms with Gasteiger partial charge in [-0.1, -0.05) is 38.5 Å². The highest BCUT2D eigenvalue weighted by atomic mass is 32.2. The van der Waals surface area contributed by atoms with Crippen molar-refractivity contribution in [1.29, 1.82) is 0 Å². The van der Waals surface area contributed by atoms with Crippen molar-refractivity contribution in [3.8, 4) is 0 Å². The molecule has 192 valence electrons. The van der Waals surface area contributed by atoms with Gasteiger partial charge in [0.15, 0.2) is 11.5 Å². The highest BCUT2D eigenvalue weighted by Gasteiger charge is 2.45. The molecule has 1 N–H and O–H groups in total. The van der Waals surface area contributed by atoms with E-state index in [9.17, 15) is 23.1 Å². The first kappa shape index (κ1) is 25.6. The molecule has 1 aliphatic rings. The molecule has 2 atom stereocenters. The van der Waals surface area contributed by atoms with E-state index >= 15 is 0 Å². The second-order valence-corrected chi connectivity index (χ2v) is 12.1. The molecule has 1 aromatic carbocycles. The Bertz CT molecular complexity index is 1410. The molecular formula is C25H31N5O5S. The number of amides is 2. The fourth-order valence-corrected chi connectivity index (χ4v) is 6.26. The van der Waals surface area contributed by atoms with Crippen LogP contribution in [0.25, 0.3) is 11.2 Å². The SMILES string of the molecule is Cc1ccc(S(=O)(=O)n2ccc3nc(N(C)C(=O)C4CCCN(C(=O)O)C4C(C)(C)C)cnc32)cc1. The van der Waals surface area contributed by atoms with Crippen LogP contribution in [0.3, 0.4) is 0 Å². The molecule has 1 saturated heterocycles. The molecule has 36 heavy (non-hydrogen) atoms. The number of carboxylic acid groups (broad SMARTS) is 1. The molecule has 3 aromatic rings. The minimum absolute atomic E-state index is 0.136. The topological polar surface area (TPSA) is 126 Å². The van der Waals surface area contributed by atoms with Gasteiger partial charge in [0, 0.05) is 19.8 Å². The predicted octanol–water partition coefficient (Wildman–Crippen LogP) is 3.74. The number of carbonyl (C=O) groups excluding carboxylic acids is 1. The zero-order chi connectivity index (χ0) is 26.4. The molecular weight excluding hydrogens is 482 g/mol. The quantitative estimate of drug-likeness (QED) is 0.563. The van der Waals surface area contributed by atoms with Crippen LogP contribution < -0.4 is 4.90 Å². The van der Waals surface area contributed by atoms with Crippen LogP contribution >= 0.6 is 0 Å². The highest BCUT2D eigenvalue weighted by Crippen LogP contribution is 2.37. The Morgan fingerprint density at radius 3 is 2.42 bits per heavy atom. The largest absolute Gasteiger partial charge is 0.465 e. The summed E-state index contributed by atoms with van der Waals surface area (Å²) >= 11 is 0. The normalized spacial score (nSPS) is 18.9. The number of fused-ring (bicyclic) bond motifs is 1. The standard InChI is InChI=1S/C25H31N5O5S/c1-16-8-10-17(11-9-16)36(34,35)30-14-12-19-22(30)26-15-20(27-19)28(5)23(31)18-7-6-13-29(24(32)33)21(18)25(2,3)4/h8-12,14-15,18,21H,6-7,13H2,1-5H3,(H,32,33). The lowest BCUT2D eigenvalue weighted by atomic mass is 9.73. The molecule has 2 aromatic heterocycles. The zero-order valence-electron chi connectivity index (χ0n) is 21.0. The third kappa shape index (κ3) is 4.55. The van der Waals surface area contributed by atoms with Gasteiger partial charge in [-0.25, -0.2) is 27.2 Å². The van der Waals surface area contributed by atoms with Gasteiger partial charge in [-0.3, -0.25) is 9.69 Å². The number of anilines is 1. The molecule has 3 heterocycles. The number of aryl methyl sites for hydroxylation is 1. The summed E-state index contributed by atoms with van der Waals surface area (Å²) in [7, 11) is -2.29. The Labute approximate surface area is 210 Å². The summed E-state index contributed by atoms with van der Waals surface area (Å²) < 4.78 is 27.4. The van der Waals surface area contributed by atoms with E-state index in [1.165, 1.54) is 22.2 Å². The van der Waals surface area contributed by atoms with E-state index < -0.39 is 33.5 Å². The third-order valence-electron chi connectivity index (χ3n) is 6.68. The lowest BCUT2D eigenvalue weighted by Gasteiger charge is -2.46. The fraction of sp³-hybridized carbons (Fsp3) is 0.440. The van der Waals surface area contributed by atoms with Crippen molar-refractivity contribution in [3.05, 3.63) is 48.3 Å². The van der Waals surface area contributed by atoms with Gasteiger partial charge in [-0.2, -0.15) is 0 Å². The number of likely N-dealkylation sites (tertiary alicyclic amines) is 1. The first-order valence-electron chi connectivity index (χ1n) is 11.8. The molecule has 10 nitrogen and oxygen atoms in total. The molecule has 1 fully saturated rings. The van der Waals surface area contributed by atoms with E-state index in [1.807, 2.05) is 27.7 Å². The van der Waals surface area contributed by atoms with Crippen LogP contribution in [0.15, 0.2) is 47.6 Å². The second-order valence-electron chi connectivity index (χ2n) is 10.3. The van der Waals surface area contributed by atoms with Crippen LogP contribution in [0.5, 0.6) is 0 Å². The molecule has 0 aliphatic carbocycles. The van der Waals surface area contributed by atoms with E-state index in [0.29, 0.717) is 24.9 Å². The second kappa shape index (κ2) is 9.20. The van der Waals surface area contributed by atoms with Crippen molar-refractivity contribution in [1.82, 2.24) is 18.8 Å². The minimum atomic E-state index is -3.87. The Balaban J connectivity index is 1.65. The van der Waals surface area contributed by atoms with Crippen LogP contribution in [-0.4, -0.2) is 64.0 Å². The number of rotatable bonds is 4. The average Bonchev–Trinajstić information content (AvgIpc) is 3.26. The molecule has 2 unspecified atom stereocenters. The Hall–Kier alpha value is -3.47. The summed E-state index contributed by atoms with van der Waals surface area (Å²) in [6, 6.07) is 7.59. The maximum Gasteiger partial charge on any atom is 0.407 e. The summed E-state index contributed by atoms with van der Waals surface area (Å²) in [6.45, 7) is 8.06. The van der Waals surface area contributed by atoms with Crippen LogP contribution in [0.4, 0.5) is 10.6 Å². The molecule has 4 rings (SSSR count). The van der Waals surface area contributed by atoms with Crippen molar-refractivity contribution < 1.29 is 23.1 Å². The average molecular weight is 514 g/mol. The Morgan fingerprint density at radius 2 is 1.81 bits per heavy atom. The number of hydrogen-bond donors (Lipinski definition) is 1. The van der Waals surface area contributed by atoms with E-state index in [0.717, 1.165) is 9.54 Å². The predicted molar refractivity (Wildman–Crippen MR) is 135 cm³/mol. The summed E-state index contributed by atoms with van der Waals surface area (Å²) in [5.74, 6) is -0.525. The minimum Gasteiger partial charge on any atom is -0.465 e. The molecule has 11 heteroatoms. The van der Waals surface area contributed by atoms with Crippen LogP contribution in [-0.2, 0) is 14.8 Å². The van der Waals surface area contributed by atoms with Gasteiger partial charge in [0.2, 0.25) is 5.91 Å². The number of piperidine rings is 1. The smallest absolute Gasteiger partial charge is 0.407 e. The number of nitrogens with zero attached hydrogens (tertiary/aromatic N) is 5. The van der Waals surface area contributed by atoms with Gasteiger partial charge in [0.05, 0.1) is 23.1 Å². The van der Waals surface area contributed by atoms with Crippen molar-refractivity contribution in [2.45, 2.75) is 51.5 Å². The Kier molecular flexibility index (Phi) is 6.54. The molecule has 0 saturated carbocycles. The van der Waals surface area contributed by atoms with Gasteiger partial charge in [0.1, 0.15) is 5.52 Å². The Morgan fingerprint density at radius 1 is 1.14 bits per heavy atom. The lowest BCUT2D eigenvalue weighted by Crippen LogP contribution is -2.58. The number of carbonyl (C=O) groups is 2. The van der Waals surface area contributed by atoms with Crippen LogP contribution in [0, 0.1) is 18.3 Å². The van der Waals surface area contributed by atoms with Gasteiger partial charge in [0.25, 0.3) is 10.0 Å². The molecule has 0 radical (unpaired) electrons. The first-order valence-corrected chi connectivity index (χ1v) is 13.2. The molecule has 0 spiro atoms. The van der Waals surface area contributed by atoms with Crippen molar-refractivity contribution >= 4 is 39.0 Å². The van der Waals surface area contributed by atoms with Gasteiger partial charge in [-0.15, -0.1) is 0 Å². The van der Waals surface area contributed by atoms with E-state index in [1.54, 1.807) is 37.4 Å². The summed E-state index contributed by atoms with van der Waals surface area (Å²) in [4.78, 5) is 37.2. The highest BCUT2D eigenvalue weighted by molar-refractivity contribution is 7.90. The molecule has 1 aliphatic heterocycles. The van der Waals surface area contributed by atoms with E-state index in [-0.39, 0.29) is 22.3 Å².